The molecule has 1 heterocycles. The van der Waals surface area contributed by atoms with Crippen LogP contribution in [0.2, 0.25) is 0 Å². The Hall–Kier alpha value is -0.650. The molecule has 1 aliphatic heterocycles. The van der Waals surface area contributed by atoms with Gasteiger partial charge in [-0.25, -0.2) is 0 Å². The summed E-state index contributed by atoms with van der Waals surface area (Å²) in [6.45, 7) is 9.82. The van der Waals surface area contributed by atoms with Gasteiger partial charge in [0.1, 0.15) is 5.54 Å². The molecule has 0 spiro atoms. The Morgan fingerprint density at radius 1 is 1.43 bits per heavy atom. The van der Waals surface area contributed by atoms with Crippen LogP contribution in [0.4, 0.5) is 0 Å². The van der Waals surface area contributed by atoms with Crippen LogP contribution in [-0.2, 0) is 14.3 Å². The maximum Gasteiger partial charge on any atom is 0.326 e. The maximum absolute atomic E-state index is 12.1. The number of carbonyl (C=O) groups excluding carboxylic acids is 1. The molecule has 2 unspecified atom stereocenters. The zero-order valence-electron chi connectivity index (χ0n) is 14.1. The van der Waals surface area contributed by atoms with Crippen molar-refractivity contribution in [3.63, 3.8) is 0 Å². The minimum absolute atomic E-state index is 0.135. The number of likely N-dealkylation sites (N-methyl/N-ethyl adjacent to an activating group) is 2. The van der Waals surface area contributed by atoms with Gasteiger partial charge in [-0.1, -0.05) is 6.92 Å². The standard InChI is InChI=1S/C16H32N2O3/c1-5-17-16(3,15(19)21-6-2)10-7-8-11-18(4)14-9-12-20-13-14/h14,17H,5-13H2,1-4H3. The first kappa shape index (κ1) is 18.4. The average molecular weight is 300 g/mol. The Bertz CT molecular complexity index is 306. The maximum atomic E-state index is 12.1. The summed E-state index contributed by atoms with van der Waals surface area (Å²) < 4.78 is 10.6. The topological polar surface area (TPSA) is 50.8 Å². The van der Waals surface area contributed by atoms with Crippen LogP contribution >= 0.6 is 0 Å². The molecule has 1 fully saturated rings. The second kappa shape index (κ2) is 9.38. The highest BCUT2D eigenvalue weighted by Crippen LogP contribution is 2.17. The summed E-state index contributed by atoms with van der Waals surface area (Å²) in [5, 5.41) is 3.28. The molecule has 0 amide bonds. The van der Waals surface area contributed by atoms with Gasteiger partial charge in [-0.3, -0.25) is 4.79 Å². The van der Waals surface area contributed by atoms with Gasteiger partial charge < -0.3 is 19.7 Å². The third kappa shape index (κ3) is 5.93. The summed E-state index contributed by atoms with van der Waals surface area (Å²) in [6.07, 6.45) is 4.05. The van der Waals surface area contributed by atoms with Gasteiger partial charge in [-0.2, -0.15) is 0 Å². The zero-order chi connectivity index (χ0) is 15.7. The molecule has 124 valence electrons. The van der Waals surface area contributed by atoms with Crippen molar-refractivity contribution >= 4 is 5.97 Å². The van der Waals surface area contributed by atoms with E-state index in [4.69, 9.17) is 9.47 Å². The SMILES string of the molecule is CCNC(C)(CCCCN(C)C1CCOC1)C(=O)OCC. The quantitative estimate of drug-likeness (QED) is 0.492. The van der Waals surface area contributed by atoms with Gasteiger partial charge in [-0.15, -0.1) is 0 Å². The number of hydrogen-bond donors (Lipinski definition) is 1. The van der Waals surface area contributed by atoms with Crippen molar-refractivity contribution in [3.8, 4) is 0 Å². The molecule has 0 aromatic rings. The van der Waals surface area contributed by atoms with E-state index in [1.165, 1.54) is 0 Å². The largest absolute Gasteiger partial charge is 0.465 e. The summed E-state index contributed by atoms with van der Waals surface area (Å²) in [7, 11) is 2.16. The lowest BCUT2D eigenvalue weighted by Crippen LogP contribution is -2.50. The van der Waals surface area contributed by atoms with Crippen LogP contribution in [0.15, 0.2) is 0 Å². The van der Waals surface area contributed by atoms with Crippen LogP contribution < -0.4 is 5.32 Å². The molecule has 0 saturated carbocycles. The lowest BCUT2D eigenvalue weighted by Gasteiger charge is -2.29. The summed E-state index contributed by atoms with van der Waals surface area (Å²) in [5.41, 5.74) is -0.556. The summed E-state index contributed by atoms with van der Waals surface area (Å²) >= 11 is 0. The summed E-state index contributed by atoms with van der Waals surface area (Å²) in [5.74, 6) is -0.135. The Morgan fingerprint density at radius 3 is 2.76 bits per heavy atom. The smallest absolute Gasteiger partial charge is 0.326 e. The van der Waals surface area contributed by atoms with Crippen LogP contribution in [0.1, 0.15) is 46.5 Å². The predicted molar refractivity (Wildman–Crippen MR) is 84.4 cm³/mol. The van der Waals surface area contributed by atoms with Gasteiger partial charge in [0.15, 0.2) is 0 Å². The minimum atomic E-state index is -0.556. The molecule has 1 rings (SSSR count). The number of unbranched alkanes of at least 4 members (excludes halogenated alkanes) is 1. The molecule has 5 heteroatoms. The van der Waals surface area contributed by atoms with Crippen molar-refractivity contribution in [1.82, 2.24) is 10.2 Å². The van der Waals surface area contributed by atoms with E-state index >= 15 is 0 Å². The number of ether oxygens (including phenoxy) is 2. The van der Waals surface area contributed by atoms with E-state index in [-0.39, 0.29) is 5.97 Å². The Balaban J connectivity index is 2.30. The fourth-order valence-corrected chi connectivity index (χ4v) is 2.84. The monoisotopic (exact) mass is 300 g/mol. The molecule has 2 atom stereocenters. The number of esters is 1. The Labute approximate surface area is 129 Å². The van der Waals surface area contributed by atoms with Gasteiger partial charge in [0.25, 0.3) is 0 Å². The highest BCUT2D eigenvalue weighted by Gasteiger charge is 2.33. The van der Waals surface area contributed by atoms with Gasteiger partial charge in [0, 0.05) is 12.6 Å². The van der Waals surface area contributed by atoms with Crippen molar-refractivity contribution < 1.29 is 14.3 Å². The highest BCUT2D eigenvalue weighted by atomic mass is 16.5. The molecule has 0 bridgehead atoms. The van der Waals surface area contributed by atoms with Crippen LogP contribution in [0.5, 0.6) is 0 Å². The first-order chi connectivity index (χ1) is 10.0. The van der Waals surface area contributed by atoms with E-state index in [9.17, 15) is 4.79 Å². The molecular formula is C16H32N2O3. The number of nitrogens with zero attached hydrogens (tertiary/aromatic N) is 1. The Kier molecular flexibility index (Phi) is 8.22. The van der Waals surface area contributed by atoms with Crippen LogP contribution in [0.3, 0.4) is 0 Å². The third-order valence-corrected chi connectivity index (χ3v) is 4.26. The molecule has 21 heavy (non-hydrogen) atoms. The van der Waals surface area contributed by atoms with E-state index in [2.05, 4.69) is 17.3 Å². The molecule has 0 aromatic carbocycles. The van der Waals surface area contributed by atoms with Gasteiger partial charge in [-0.05, 0) is 59.7 Å². The molecule has 0 aliphatic carbocycles. The van der Waals surface area contributed by atoms with Crippen molar-refractivity contribution in [1.29, 1.82) is 0 Å². The number of carbonyl (C=O) groups is 1. The van der Waals surface area contributed by atoms with Gasteiger partial charge in [0.05, 0.1) is 13.2 Å². The van der Waals surface area contributed by atoms with Crippen LogP contribution in [0.25, 0.3) is 0 Å². The molecule has 0 aromatic heterocycles. The third-order valence-electron chi connectivity index (χ3n) is 4.26. The van der Waals surface area contributed by atoms with Crippen LogP contribution in [-0.4, -0.2) is 62.4 Å². The van der Waals surface area contributed by atoms with Crippen molar-refractivity contribution in [2.45, 2.75) is 58.0 Å². The van der Waals surface area contributed by atoms with Gasteiger partial charge in [0.2, 0.25) is 0 Å². The van der Waals surface area contributed by atoms with E-state index in [0.29, 0.717) is 12.6 Å². The molecular weight excluding hydrogens is 268 g/mol. The fourth-order valence-electron chi connectivity index (χ4n) is 2.84. The molecule has 5 nitrogen and oxygen atoms in total. The van der Waals surface area contributed by atoms with Crippen molar-refractivity contribution in [2.75, 3.05) is 40.0 Å². The summed E-state index contributed by atoms with van der Waals surface area (Å²) in [4.78, 5) is 14.5. The first-order valence-corrected chi connectivity index (χ1v) is 8.23. The van der Waals surface area contributed by atoms with E-state index < -0.39 is 5.54 Å². The molecule has 0 radical (unpaired) electrons. The first-order valence-electron chi connectivity index (χ1n) is 8.23. The number of rotatable bonds is 10. The number of hydrogen-bond acceptors (Lipinski definition) is 5. The lowest BCUT2D eigenvalue weighted by molar-refractivity contribution is -0.150. The van der Waals surface area contributed by atoms with E-state index in [1.54, 1.807) is 0 Å². The second-order valence-corrected chi connectivity index (χ2v) is 6.04. The van der Waals surface area contributed by atoms with Gasteiger partial charge >= 0.3 is 5.97 Å². The van der Waals surface area contributed by atoms with E-state index in [1.807, 2.05) is 20.8 Å². The fraction of sp³-hybridized carbons (Fsp3) is 0.938. The lowest BCUT2D eigenvalue weighted by atomic mass is 9.94. The zero-order valence-corrected chi connectivity index (χ0v) is 14.1. The molecule has 1 aliphatic rings. The normalized spacial score (nSPS) is 21.5. The molecule has 1 saturated heterocycles. The predicted octanol–water partition coefficient (Wildman–Crippen LogP) is 1.81. The summed E-state index contributed by atoms with van der Waals surface area (Å²) in [6, 6.07) is 0.565. The second-order valence-electron chi connectivity index (χ2n) is 6.04. The van der Waals surface area contributed by atoms with E-state index in [0.717, 1.165) is 52.0 Å². The average Bonchev–Trinajstić information content (AvgIpc) is 2.98. The number of nitrogens with one attached hydrogen (secondary N) is 1. The van der Waals surface area contributed by atoms with Crippen molar-refractivity contribution in [3.05, 3.63) is 0 Å². The Morgan fingerprint density at radius 2 is 2.19 bits per heavy atom. The van der Waals surface area contributed by atoms with Crippen LogP contribution in [0, 0.1) is 0 Å². The highest BCUT2D eigenvalue weighted by molar-refractivity contribution is 5.80. The molecule has 1 N–H and O–H groups in total. The van der Waals surface area contributed by atoms with Crippen molar-refractivity contribution in [2.24, 2.45) is 0 Å². The minimum Gasteiger partial charge on any atom is -0.465 e.